The van der Waals surface area contributed by atoms with Crippen LogP contribution in [0, 0.1) is 11.8 Å². The first-order chi connectivity index (χ1) is 19.8. The van der Waals surface area contributed by atoms with Gasteiger partial charge in [0, 0.05) is 33.6 Å². The van der Waals surface area contributed by atoms with Crippen molar-refractivity contribution >= 4 is 35.5 Å². The van der Waals surface area contributed by atoms with Crippen molar-refractivity contribution in [3.8, 4) is 0 Å². The molecule has 7 atom stereocenters. The summed E-state index contributed by atoms with van der Waals surface area (Å²) in [6.07, 6.45) is 0.190. The average Bonchev–Trinajstić information content (AvgIpc) is 3.63. The molecule has 0 aliphatic carbocycles. The lowest BCUT2D eigenvalue weighted by molar-refractivity contribution is -0.162. The van der Waals surface area contributed by atoms with Gasteiger partial charge < -0.3 is 34.8 Å². The molecule has 3 rings (SSSR count). The monoisotopic (exact) mass is 593 g/mol. The number of likely N-dealkylation sites (N-methyl/N-ethyl adjacent to an activating group) is 2. The van der Waals surface area contributed by atoms with Gasteiger partial charge in [-0.15, -0.1) is 0 Å². The predicted molar refractivity (Wildman–Crippen MR) is 152 cm³/mol. The Kier molecular flexibility index (Phi) is 11.3. The van der Waals surface area contributed by atoms with Gasteiger partial charge in [-0.2, -0.15) is 0 Å². The lowest BCUT2D eigenvalue weighted by atomic mass is 9.94. The average molecular weight is 594 g/mol. The number of esters is 1. The molecule has 3 aliphatic rings. The van der Waals surface area contributed by atoms with Crippen molar-refractivity contribution in [2.45, 2.75) is 103 Å². The van der Waals surface area contributed by atoms with E-state index in [4.69, 9.17) is 9.47 Å². The third-order valence-corrected chi connectivity index (χ3v) is 8.63. The van der Waals surface area contributed by atoms with Crippen molar-refractivity contribution in [3.63, 3.8) is 0 Å². The number of hydrogen-bond donors (Lipinski definition) is 2. The number of nitrogens with zero attached hydrogens (tertiary/aromatic N) is 3. The second kappa shape index (κ2) is 14.3. The summed E-state index contributed by atoms with van der Waals surface area (Å²) in [5.41, 5.74) is 0. The molecule has 0 aromatic heterocycles. The van der Waals surface area contributed by atoms with Crippen LogP contribution in [0.3, 0.4) is 0 Å². The second-order valence-corrected chi connectivity index (χ2v) is 12.0. The summed E-state index contributed by atoms with van der Waals surface area (Å²) in [5.74, 6) is -3.51. The molecule has 5 amide bonds. The number of fused-ring (bicyclic) bond motifs is 1. The highest BCUT2D eigenvalue weighted by Gasteiger charge is 2.44. The third-order valence-electron chi connectivity index (χ3n) is 8.63. The van der Waals surface area contributed by atoms with E-state index in [1.165, 1.54) is 28.8 Å². The van der Waals surface area contributed by atoms with E-state index in [1.54, 1.807) is 6.92 Å². The Morgan fingerprint density at radius 1 is 0.952 bits per heavy atom. The molecule has 0 unspecified atom stereocenters. The van der Waals surface area contributed by atoms with Gasteiger partial charge in [-0.25, -0.2) is 0 Å². The van der Waals surface area contributed by atoms with Crippen molar-refractivity contribution in [1.82, 2.24) is 25.3 Å². The molecular formula is C29H47N5O8. The van der Waals surface area contributed by atoms with Crippen molar-refractivity contribution in [2.75, 3.05) is 33.8 Å². The number of rotatable bonds is 5. The minimum absolute atomic E-state index is 0.0534. The summed E-state index contributed by atoms with van der Waals surface area (Å²) in [5, 5.41) is 5.54. The molecule has 3 heterocycles. The number of hydrogen-bond acceptors (Lipinski definition) is 8. The number of nitrogens with one attached hydrogen (secondary N) is 2. The van der Waals surface area contributed by atoms with Gasteiger partial charge in [0.1, 0.15) is 24.2 Å². The molecule has 42 heavy (non-hydrogen) atoms. The first-order valence-corrected chi connectivity index (χ1v) is 15.0. The zero-order chi connectivity index (χ0) is 31.3. The molecule has 0 bridgehead atoms. The highest BCUT2D eigenvalue weighted by atomic mass is 16.6. The molecular weight excluding hydrogens is 546 g/mol. The van der Waals surface area contributed by atoms with E-state index in [1.807, 2.05) is 27.7 Å². The van der Waals surface area contributed by atoms with Crippen LogP contribution in [-0.4, -0.2) is 120 Å². The van der Waals surface area contributed by atoms with Gasteiger partial charge in [-0.05, 0) is 31.6 Å². The van der Waals surface area contributed by atoms with Gasteiger partial charge in [0.2, 0.25) is 23.6 Å². The number of cyclic esters (lactones) is 1. The van der Waals surface area contributed by atoms with Crippen molar-refractivity contribution < 1.29 is 38.2 Å². The van der Waals surface area contributed by atoms with E-state index in [9.17, 15) is 28.8 Å². The Bertz CT molecular complexity index is 1050. The summed E-state index contributed by atoms with van der Waals surface area (Å²) >= 11 is 0. The number of epoxide rings is 1. The van der Waals surface area contributed by atoms with E-state index in [2.05, 4.69) is 10.6 Å². The number of amides is 5. The maximum atomic E-state index is 13.9. The Balaban J connectivity index is 1.98. The quantitative estimate of drug-likeness (QED) is 0.335. The van der Waals surface area contributed by atoms with Crippen molar-refractivity contribution in [3.05, 3.63) is 0 Å². The summed E-state index contributed by atoms with van der Waals surface area (Å²) in [4.78, 5) is 84.5. The summed E-state index contributed by atoms with van der Waals surface area (Å²) in [6.45, 7) is 9.65. The van der Waals surface area contributed by atoms with Crippen LogP contribution in [0.1, 0.15) is 66.7 Å². The Labute approximate surface area is 248 Å². The molecule has 13 heteroatoms. The SMILES string of the molecule is CC[C@H](C)[C@@H]1NC(=O)[C@@H]2CCCN2C(=O)[C@@H](C[C@H]2CO2)OC(=O)CCNC(=O)[C@H](C)N(C)C(=O)[C@H](C(C)C)N(C)C1=O. The molecule has 3 fully saturated rings. The highest BCUT2D eigenvalue weighted by Crippen LogP contribution is 2.25. The van der Waals surface area contributed by atoms with Crippen LogP contribution in [0.25, 0.3) is 0 Å². The highest BCUT2D eigenvalue weighted by molar-refractivity contribution is 5.96. The van der Waals surface area contributed by atoms with Crippen LogP contribution < -0.4 is 10.6 Å². The fourth-order valence-electron chi connectivity index (χ4n) is 5.55. The van der Waals surface area contributed by atoms with Crippen LogP contribution in [0.2, 0.25) is 0 Å². The summed E-state index contributed by atoms with van der Waals surface area (Å²) < 4.78 is 10.8. The predicted octanol–water partition coefficient (Wildman–Crippen LogP) is 0.0588. The zero-order valence-electron chi connectivity index (χ0n) is 25.9. The van der Waals surface area contributed by atoms with E-state index in [0.29, 0.717) is 32.4 Å². The second-order valence-electron chi connectivity index (χ2n) is 12.0. The first-order valence-electron chi connectivity index (χ1n) is 15.0. The van der Waals surface area contributed by atoms with Crippen molar-refractivity contribution in [1.29, 1.82) is 0 Å². The van der Waals surface area contributed by atoms with Gasteiger partial charge in [-0.1, -0.05) is 34.1 Å². The summed E-state index contributed by atoms with van der Waals surface area (Å²) in [6, 6.07) is -3.56. The molecule has 2 N–H and O–H groups in total. The minimum Gasteiger partial charge on any atom is -0.452 e. The maximum absolute atomic E-state index is 13.9. The molecule has 0 radical (unpaired) electrons. The number of carbonyl (C=O) groups is 6. The van der Waals surface area contributed by atoms with Crippen LogP contribution in [0.15, 0.2) is 0 Å². The fourth-order valence-corrected chi connectivity index (χ4v) is 5.55. The van der Waals surface area contributed by atoms with E-state index in [-0.39, 0.29) is 37.3 Å². The molecule has 0 saturated carbocycles. The largest absolute Gasteiger partial charge is 0.452 e. The topological polar surface area (TPSA) is 158 Å². The van der Waals surface area contributed by atoms with Crippen LogP contribution in [-0.2, 0) is 38.2 Å². The van der Waals surface area contributed by atoms with Crippen LogP contribution >= 0.6 is 0 Å². The maximum Gasteiger partial charge on any atom is 0.308 e. The molecule has 3 saturated heterocycles. The molecule has 0 aromatic carbocycles. The van der Waals surface area contributed by atoms with Crippen LogP contribution in [0.5, 0.6) is 0 Å². The third kappa shape index (κ3) is 7.78. The van der Waals surface area contributed by atoms with E-state index < -0.39 is 65.8 Å². The minimum atomic E-state index is -1.14. The van der Waals surface area contributed by atoms with Crippen LogP contribution in [0.4, 0.5) is 0 Å². The van der Waals surface area contributed by atoms with Gasteiger partial charge in [0.25, 0.3) is 5.91 Å². The molecule has 0 aromatic rings. The molecule has 0 spiro atoms. The Morgan fingerprint density at radius 2 is 1.62 bits per heavy atom. The Morgan fingerprint density at radius 3 is 2.21 bits per heavy atom. The Hall–Kier alpha value is -3.22. The first kappa shape index (κ1) is 33.3. The molecule has 236 valence electrons. The summed E-state index contributed by atoms with van der Waals surface area (Å²) in [7, 11) is 3.03. The van der Waals surface area contributed by atoms with E-state index >= 15 is 0 Å². The number of ether oxygens (including phenoxy) is 2. The standard InChI is InChI=1S/C29H47N5O8/c1-8-17(4)23-28(39)33(7)24(16(2)3)29(40)32(6)18(5)25(36)30-12-11-22(35)42-21(14-19-15-41-19)27(38)34-13-9-10-20(34)26(37)31-23/h16-21,23-24H,8-15H2,1-7H3,(H,30,36)(H,31,37)/t17-,18-,19-,20-,21+,23-,24-/m0/s1. The fraction of sp³-hybridized carbons (Fsp3) is 0.793. The van der Waals surface area contributed by atoms with Gasteiger partial charge in [-0.3, -0.25) is 28.8 Å². The lowest BCUT2D eigenvalue weighted by Gasteiger charge is -2.38. The molecule has 3 aliphatic heterocycles. The normalized spacial score (nSPS) is 31.6. The van der Waals surface area contributed by atoms with Gasteiger partial charge >= 0.3 is 5.97 Å². The smallest absolute Gasteiger partial charge is 0.308 e. The van der Waals surface area contributed by atoms with E-state index in [0.717, 1.165) is 0 Å². The number of carbonyl (C=O) groups excluding carboxylic acids is 6. The van der Waals surface area contributed by atoms with Crippen molar-refractivity contribution in [2.24, 2.45) is 11.8 Å². The van der Waals surface area contributed by atoms with Gasteiger partial charge in [0.15, 0.2) is 6.10 Å². The molecule has 13 nitrogen and oxygen atoms in total. The zero-order valence-corrected chi connectivity index (χ0v) is 25.9. The lowest BCUT2D eigenvalue weighted by Crippen LogP contribution is -2.60. The van der Waals surface area contributed by atoms with Gasteiger partial charge in [0.05, 0.1) is 19.1 Å².